The molecule has 1 aliphatic heterocycles. The number of hydrogen-bond acceptors (Lipinski definition) is 4. The van der Waals surface area contributed by atoms with Crippen molar-refractivity contribution in [3.8, 4) is 17.2 Å². The van der Waals surface area contributed by atoms with Gasteiger partial charge in [-0.1, -0.05) is 12.1 Å². The van der Waals surface area contributed by atoms with E-state index in [-0.39, 0.29) is 23.3 Å². The van der Waals surface area contributed by atoms with Gasteiger partial charge >= 0.3 is 0 Å². The average molecular weight is 271 g/mol. The Kier molecular flexibility index (Phi) is 3.24. The summed E-state index contributed by atoms with van der Waals surface area (Å²) in [5.41, 5.74) is 3.21. The van der Waals surface area contributed by atoms with Gasteiger partial charge in [0.15, 0.2) is 11.5 Å². The highest BCUT2D eigenvalue weighted by Gasteiger charge is 2.21. The number of fused-ring (bicyclic) bond motifs is 1. The summed E-state index contributed by atoms with van der Waals surface area (Å²) in [4.78, 5) is 0. The molecule has 20 heavy (non-hydrogen) atoms. The van der Waals surface area contributed by atoms with E-state index in [1.165, 1.54) is 0 Å². The van der Waals surface area contributed by atoms with Crippen molar-refractivity contribution in [3.05, 3.63) is 53.1 Å². The van der Waals surface area contributed by atoms with E-state index in [9.17, 15) is 15.3 Å². The van der Waals surface area contributed by atoms with E-state index in [1.807, 2.05) is 12.1 Å². The molecule has 0 aromatic heterocycles. The van der Waals surface area contributed by atoms with Gasteiger partial charge in [0.2, 0.25) is 0 Å². The zero-order valence-electron chi connectivity index (χ0n) is 11.0. The van der Waals surface area contributed by atoms with E-state index in [4.69, 9.17) is 0 Å². The molecule has 0 amide bonds. The van der Waals surface area contributed by atoms with Gasteiger partial charge in [-0.15, -0.1) is 0 Å². The monoisotopic (exact) mass is 271 g/mol. The molecule has 1 atom stereocenters. The Morgan fingerprint density at radius 2 is 1.70 bits per heavy atom. The first kappa shape index (κ1) is 12.8. The van der Waals surface area contributed by atoms with Crippen molar-refractivity contribution in [3.63, 3.8) is 0 Å². The molecule has 1 heterocycles. The fourth-order valence-electron chi connectivity index (χ4n) is 2.72. The predicted octanol–water partition coefficient (Wildman–Crippen LogP) is 2.23. The van der Waals surface area contributed by atoms with Crippen LogP contribution >= 0.6 is 0 Å². The molecule has 4 nitrogen and oxygen atoms in total. The lowest BCUT2D eigenvalue weighted by Gasteiger charge is -2.27. The first-order valence-corrected chi connectivity index (χ1v) is 6.69. The minimum atomic E-state index is -0.0804. The van der Waals surface area contributed by atoms with Crippen molar-refractivity contribution >= 4 is 0 Å². The second-order valence-corrected chi connectivity index (χ2v) is 5.17. The highest BCUT2D eigenvalue weighted by molar-refractivity contribution is 5.48. The standard InChI is InChI=1S/C16H17NO3/c18-12-3-1-10(2-4-12)7-14-13-9-16(20)15(19)8-11(13)5-6-17-14/h1-4,8-9,14,17-20H,5-7H2/t14-/m1/s1. The topological polar surface area (TPSA) is 72.7 Å². The van der Waals surface area contributed by atoms with Gasteiger partial charge in [0.1, 0.15) is 5.75 Å². The zero-order valence-corrected chi connectivity index (χ0v) is 11.0. The average Bonchev–Trinajstić information content (AvgIpc) is 2.43. The fourth-order valence-corrected chi connectivity index (χ4v) is 2.72. The normalized spacial score (nSPS) is 17.7. The summed E-state index contributed by atoms with van der Waals surface area (Å²) in [6, 6.07) is 10.5. The number of nitrogens with one attached hydrogen (secondary N) is 1. The van der Waals surface area contributed by atoms with Crippen molar-refractivity contribution in [2.75, 3.05) is 6.54 Å². The second kappa shape index (κ2) is 5.06. The van der Waals surface area contributed by atoms with Gasteiger partial charge in [-0.05, 0) is 60.3 Å². The maximum absolute atomic E-state index is 9.68. The number of rotatable bonds is 2. The van der Waals surface area contributed by atoms with E-state index >= 15 is 0 Å². The molecule has 0 radical (unpaired) electrons. The van der Waals surface area contributed by atoms with Crippen molar-refractivity contribution < 1.29 is 15.3 Å². The van der Waals surface area contributed by atoms with Gasteiger partial charge < -0.3 is 20.6 Å². The highest BCUT2D eigenvalue weighted by Crippen LogP contribution is 2.34. The second-order valence-electron chi connectivity index (χ2n) is 5.17. The van der Waals surface area contributed by atoms with Crippen molar-refractivity contribution in [1.29, 1.82) is 0 Å². The minimum Gasteiger partial charge on any atom is -0.508 e. The van der Waals surface area contributed by atoms with Crippen LogP contribution in [0.4, 0.5) is 0 Å². The zero-order chi connectivity index (χ0) is 14.1. The van der Waals surface area contributed by atoms with Crippen molar-refractivity contribution in [1.82, 2.24) is 5.32 Å². The lowest BCUT2D eigenvalue weighted by molar-refractivity contribution is 0.398. The Bertz CT molecular complexity index is 622. The van der Waals surface area contributed by atoms with Gasteiger partial charge in [-0.2, -0.15) is 0 Å². The Balaban J connectivity index is 1.89. The molecular weight excluding hydrogens is 254 g/mol. The smallest absolute Gasteiger partial charge is 0.157 e. The molecule has 0 saturated carbocycles. The highest BCUT2D eigenvalue weighted by atomic mass is 16.3. The lowest BCUT2D eigenvalue weighted by atomic mass is 9.90. The SMILES string of the molecule is Oc1ccc(C[C@H]2NCCc3cc(O)c(O)cc32)cc1. The third-order valence-electron chi connectivity index (χ3n) is 3.77. The molecule has 3 rings (SSSR count). The summed E-state index contributed by atoms with van der Waals surface area (Å²) in [7, 11) is 0. The molecule has 2 aromatic carbocycles. The van der Waals surface area contributed by atoms with Gasteiger partial charge in [0.05, 0.1) is 0 Å². The number of phenolic OH excluding ortho intramolecular Hbond substituents is 3. The molecule has 0 fully saturated rings. The number of benzene rings is 2. The van der Waals surface area contributed by atoms with Crippen LogP contribution in [0.3, 0.4) is 0 Å². The van der Waals surface area contributed by atoms with E-state index < -0.39 is 0 Å². The molecule has 0 unspecified atom stereocenters. The van der Waals surface area contributed by atoms with Crippen LogP contribution in [-0.2, 0) is 12.8 Å². The van der Waals surface area contributed by atoms with Crippen LogP contribution in [0.25, 0.3) is 0 Å². The van der Waals surface area contributed by atoms with E-state index in [1.54, 1.807) is 24.3 Å². The van der Waals surface area contributed by atoms with Crippen molar-refractivity contribution in [2.24, 2.45) is 0 Å². The van der Waals surface area contributed by atoms with E-state index in [0.29, 0.717) is 0 Å². The molecule has 104 valence electrons. The third-order valence-corrected chi connectivity index (χ3v) is 3.77. The summed E-state index contributed by atoms with van der Waals surface area (Å²) in [6.45, 7) is 0.847. The first-order valence-electron chi connectivity index (χ1n) is 6.69. The number of hydrogen-bond donors (Lipinski definition) is 4. The molecule has 0 bridgehead atoms. The summed E-state index contributed by atoms with van der Waals surface area (Å²) in [6.07, 6.45) is 1.62. The molecule has 2 aromatic rings. The van der Waals surface area contributed by atoms with Gasteiger partial charge in [-0.25, -0.2) is 0 Å². The largest absolute Gasteiger partial charge is 0.508 e. The van der Waals surface area contributed by atoms with Crippen molar-refractivity contribution in [2.45, 2.75) is 18.9 Å². The van der Waals surface area contributed by atoms with Crippen LogP contribution in [-0.4, -0.2) is 21.9 Å². The van der Waals surface area contributed by atoms with Gasteiger partial charge in [-0.3, -0.25) is 0 Å². The maximum Gasteiger partial charge on any atom is 0.157 e. The Labute approximate surface area is 117 Å². The van der Waals surface area contributed by atoms with Crippen LogP contribution in [0.15, 0.2) is 36.4 Å². The Morgan fingerprint density at radius 1 is 1.00 bits per heavy atom. The van der Waals surface area contributed by atoms with Gasteiger partial charge in [0, 0.05) is 6.04 Å². The number of phenols is 3. The quantitative estimate of drug-likeness (QED) is 0.632. The van der Waals surface area contributed by atoms with Crippen LogP contribution in [0, 0.1) is 0 Å². The van der Waals surface area contributed by atoms with Crippen LogP contribution in [0.2, 0.25) is 0 Å². The third kappa shape index (κ3) is 2.42. The fraction of sp³-hybridized carbons (Fsp3) is 0.250. The first-order chi connectivity index (χ1) is 9.63. The minimum absolute atomic E-state index is 0.0611. The summed E-state index contributed by atoms with van der Waals surface area (Å²) >= 11 is 0. The lowest BCUT2D eigenvalue weighted by Crippen LogP contribution is -2.31. The molecule has 4 heteroatoms. The molecule has 0 spiro atoms. The molecular formula is C16H17NO3. The van der Waals surface area contributed by atoms with Crippen LogP contribution in [0.5, 0.6) is 17.2 Å². The van der Waals surface area contributed by atoms with Gasteiger partial charge in [0.25, 0.3) is 0 Å². The molecule has 0 aliphatic carbocycles. The summed E-state index contributed by atoms with van der Waals surface area (Å²) in [5.74, 6) is 0.116. The Morgan fingerprint density at radius 3 is 2.45 bits per heavy atom. The molecule has 0 saturated heterocycles. The Hall–Kier alpha value is -2.20. The van der Waals surface area contributed by atoms with E-state index in [0.717, 1.165) is 36.1 Å². The maximum atomic E-state index is 9.68. The molecule has 1 aliphatic rings. The summed E-state index contributed by atoms with van der Waals surface area (Å²) < 4.78 is 0. The van der Waals surface area contributed by atoms with E-state index in [2.05, 4.69) is 5.32 Å². The van der Waals surface area contributed by atoms with Crippen LogP contribution < -0.4 is 5.32 Å². The summed E-state index contributed by atoms with van der Waals surface area (Å²) in [5, 5.41) is 32.0. The van der Waals surface area contributed by atoms with Crippen LogP contribution in [0.1, 0.15) is 22.7 Å². The number of aromatic hydroxyl groups is 3. The molecule has 4 N–H and O–H groups in total. The predicted molar refractivity (Wildman–Crippen MR) is 76.0 cm³/mol.